The normalized spacial score (nSPS) is 34.4. The van der Waals surface area contributed by atoms with E-state index in [1.165, 1.54) is 25.7 Å². The summed E-state index contributed by atoms with van der Waals surface area (Å²) in [6, 6.07) is 0. The van der Waals surface area contributed by atoms with Gasteiger partial charge in [0, 0.05) is 24.4 Å². The van der Waals surface area contributed by atoms with Gasteiger partial charge in [-0.25, -0.2) is 0 Å². The third kappa shape index (κ3) is 1.09. The quantitative estimate of drug-likeness (QED) is 0.592. The van der Waals surface area contributed by atoms with Crippen LogP contribution in [0.1, 0.15) is 39.0 Å². The molecule has 1 spiro atoms. The lowest BCUT2D eigenvalue weighted by atomic mass is 9.77. The van der Waals surface area contributed by atoms with Gasteiger partial charge in [-0.1, -0.05) is 19.8 Å². The number of ketones is 1. The van der Waals surface area contributed by atoms with Crippen LogP contribution in [-0.4, -0.2) is 17.9 Å². The van der Waals surface area contributed by atoms with E-state index in [1.54, 1.807) is 0 Å². The van der Waals surface area contributed by atoms with Gasteiger partial charge in [0.1, 0.15) is 5.78 Å². The molecule has 1 aliphatic carbocycles. The standard InChI is InChI=1S/C10H17NO/c1-8-9(12)4-7-11-10(8)5-2-3-6-10/h8,11H,2-7H2,1H3/t8-/m1/s1. The lowest BCUT2D eigenvalue weighted by Crippen LogP contribution is -2.55. The van der Waals surface area contributed by atoms with Gasteiger partial charge in [0.25, 0.3) is 0 Å². The first-order valence-corrected chi connectivity index (χ1v) is 5.02. The Kier molecular flexibility index (Phi) is 1.95. The van der Waals surface area contributed by atoms with Gasteiger partial charge in [0.2, 0.25) is 0 Å². The average molecular weight is 167 g/mol. The van der Waals surface area contributed by atoms with Crippen LogP contribution in [0, 0.1) is 5.92 Å². The van der Waals surface area contributed by atoms with E-state index in [1.807, 2.05) is 0 Å². The Morgan fingerprint density at radius 1 is 1.42 bits per heavy atom. The van der Waals surface area contributed by atoms with Crippen molar-refractivity contribution < 1.29 is 4.79 Å². The molecule has 2 nitrogen and oxygen atoms in total. The zero-order valence-electron chi connectivity index (χ0n) is 7.73. The number of hydrogen-bond acceptors (Lipinski definition) is 2. The van der Waals surface area contributed by atoms with Crippen molar-refractivity contribution in [2.75, 3.05) is 6.54 Å². The summed E-state index contributed by atoms with van der Waals surface area (Å²) in [4.78, 5) is 11.5. The average Bonchev–Trinajstić information content (AvgIpc) is 2.50. The molecule has 2 fully saturated rings. The van der Waals surface area contributed by atoms with Gasteiger partial charge < -0.3 is 5.32 Å². The van der Waals surface area contributed by atoms with Crippen LogP contribution in [0.4, 0.5) is 0 Å². The zero-order valence-corrected chi connectivity index (χ0v) is 7.73. The van der Waals surface area contributed by atoms with E-state index >= 15 is 0 Å². The molecule has 2 rings (SSSR count). The van der Waals surface area contributed by atoms with E-state index in [0.29, 0.717) is 5.78 Å². The minimum absolute atomic E-state index is 0.204. The molecule has 0 amide bonds. The van der Waals surface area contributed by atoms with Crippen molar-refractivity contribution in [1.82, 2.24) is 5.32 Å². The van der Waals surface area contributed by atoms with Crippen molar-refractivity contribution in [3.63, 3.8) is 0 Å². The molecule has 1 heterocycles. The largest absolute Gasteiger partial charge is 0.310 e. The number of carbonyl (C=O) groups excluding carboxylic acids is 1. The second-order valence-electron chi connectivity index (χ2n) is 4.23. The molecule has 68 valence electrons. The van der Waals surface area contributed by atoms with E-state index < -0.39 is 0 Å². The smallest absolute Gasteiger partial charge is 0.138 e. The predicted octanol–water partition coefficient (Wildman–Crippen LogP) is 1.50. The molecular weight excluding hydrogens is 150 g/mol. The van der Waals surface area contributed by atoms with Crippen molar-refractivity contribution in [3.8, 4) is 0 Å². The van der Waals surface area contributed by atoms with Crippen LogP contribution in [-0.2, 0) is 4.79 Å². The van der Waals surface area contributed by atoms with Crippen LogP contribution >= 0.6 is 0 Å². The molecule has 2 aliphatic rings. The van der Waals surface area contributed by atoms with Gasteiger partial charge in [-0.3, -0.25) is 4.79 Å². The summed E-state index contributed by atoms with van der Waals surface area (Å²) < 4.78 is 0. The summed E-state index contributed by atoms with van der Waals surface area (Å²) in [5.41, 5.74) is 0.204. The minimum atomic E-state index is 0.204. The van der Waals surface area contributed by atoms with E-state index in [-0.39, 0.29) is 11.5 Å². The Bertz CT molecular complexity index is 194. The second kappa shape index (κ2) is 2.84. The monoisotopic (exact) mass is 167 g/mol. The van der Waals surface area contributed by atoms with E-state index in [4.69, 9.17) is 0 Å². The maximum Gasteiger partial charge on any atom is 0.138 e. The molecule has 0 unspecified atom stereocenters. The van der Waals surface area contributed by atoms with Gasteiger partial charge in [-0.15, -0.1) is 0 Å². The molecule has 0 radical (unpaired) electrons. The van der Waals surface area contributed by atoms with Gasteiger partial charge in [-0.05, 0) is 12.8 Å². The highest BCUT2D eigenvalue weighted by Gasteiger charge is 2.43. The van der Waals surface area contributed by atoms with Crippen molar-refractivity contribution >= 4 is 5.78 Å². The van der Waals surface area contributed by atoms with Crippen molar-refractivity contribution in [2.24, 2.45) is 5.92 Å². The lowest BCUT2D eigenvalue weighted by Gasteiger charge is -2.39. The summed E-state index contributed by atoms with van der Waals surface area (Å²) in [5, 5.41) is 3.55. The fourth-order valence-corrected chi connectivity index (χ4v) is 2.73. The summed E-state index contributed by atoms with van der Waals surface area (Å²) >= 11 is 0. The van der Waals surface area contributed by atoms with E-state index in [2.05, 4.69) is 12.2 Å². The Labute approximate surface area is 73.7 Å². The topological polar surface area (TPSA) is 29.1 Å². The van der Waals surface area contributed by atoms with Gasteiger partial charge in [0.15, 0.2) is 0 Å². The maximum atomic E-state index is 11.5. The van der Waals surface area contributed by atoms with Crippen molar-refractivity contribution in [1.29, 1.82) is 0 Å². The van der Waals surface area contributed by atoms with Gasteiger partial charge in [0.05, 0.1) is 0 Å². The van der Waals surface area contributed by atoms with Crippen LogP contribution in [0.5, 0.6) is 0 Å². The summed E-state index contributed by atoms with van der Waals surface area (Å²) in [6.07, 6.45) is 5.75. The minimum Gasteiger partial charge on any atom is -0.310 e. The molecule has 12 heavy (non-hydrogen) atoms. The lowest BCUT2D eigenvalue weighted by molar-refractivity contribution is -0.127. The Morgan fingerprint density at radius 2 is 2.08 bits per heavy atom. The molecule has 1 saturated heterocycles. The van der Waals surface area contributed by atoms with Gasteiger partial charge in [-0.2, -0.15) is 0 Å². The number of carbonyl (C=O) groups is 1. The molecule has 0 aromatic rings. The van der Waals surface area contributed by atoms with Crippen LogP contribution in [0.2, 0.25) is 0 Å². The molecule has 0 bridgehead atoms. The van der Waals surface area contributed by atoms with Gasteiger partial charge >= 0.3 is 0 Å². The Balaban J connectivity index is 2.17. The second-order valence-corrected chi connectivity index (χ2v) is 4.23. The highest BCUT2D eigenvalue weighted by molar-refractivity contribution is 5.83. The van der Waals surface area contributed by atoms with E-state index in [0.717, 1.165) is 13.0 Å². The number of nitrogens with one attached hydrogen (secondary N) is 1. The predicted molar refractivity (Wildman–Crippen MR) is 48.0 cm³/mol. The molecule has 2 heteroatoms. The number of rotatable bonds is 0. The third-order valence-corrected chi connectivity index (χ3v) is 3.66. The third-order valence-electron chi connectivity index (χ3n) is 3.66. The number of Topliss-reactive ketones (excluding diaryl/α,β-unsaturated/α-hetero) is 1. The summed E-state index contributed by atoms with van der Waals surface area (Å²) in [5.74, 6) is 0.726. The fraction of sp³-hybridized carbons (Fsp3) is 0.900. The van der Waals surface area contributed by atoms with Crippen LogP contribution in [0.25, 0.3) is 0 Å². The highest BCUT2D eigenvalue weighted by atomic mass is 16.1. The first-order chi connectivity index (χ1) is 5.75. The van der Waals surface area contributed by atoms with Crippen LogP contribution in [0.3, 0.4) is 0 Å². The SMILES string of the molecule is C[C@@H]1C(=O)CCNC12CCCC2. The first-order valence-electron chi connectivity index (χ1n) is 5.02. The molecule has 1 N–H and O–H groups in total. The zero-order chi connectivity index (χ0) is 8.60. The number of hydrogen-bond donors (Lipinski definition) is 1. The highest BCUT2D eigenvalue weighted by Crippen LogP contribution is 2.38. The number of piperidine rings is 1. The van der Waals surface area contributed by atoms with Crippen LogP contribution in [0.15, 0.2) is 0 Å². The summed E-state index contributed by atoms with van der Waals surface area (Å²) in [6.45, 7) is 3.00. The van der Waals surface area contributed by atoms with E-state index in [9.17, 15) is 4.79 Å². The van der Waals surface area contributed by atoms with Crippen LogP contribution < -0.4 is 5.32 Å². The van der Waals surface area contributed by atoms with Crippen molar-refractivity contribution in [3.05, 3.63) is 0 Å². The summed E-state index contributed by atoms with van der Waals surface area (Å²) in [7, 11) is 0. The molecule has 1 aliphatic heterocycles. The first kappa shape index (κ1) is 8.24. The fourth-order valence-electron chi connectivity index (χ4n) is 2.73. The molecule has 0 aromatic heterocycles. The molecular formula is C10H17NO. The maximum absolute atomic E-state index is 11.5. The molecule has 1 atom stereocenters. The molecule has 0 aromatic carbocycles. The Morgan fingerprint density at radius 3 is 2.75 bits per heavy atom. The Hall–Kier alpha value is -0.370. The van der Waals surface area contributed by atoms with Crippen molar-refractivity contribution in [2.45, 2.75) is 44.6 Å². The molecule has 1 saturated carbocycles.